The highest BCUT2D eigenvalue weighted by Gasteiger charge is 2.11. The first-order valence-corrected chi connectivity index (χ1v) is 6.29. The van der Waals surface area contributed by atoms with Crippen LogP contribution in [0.1, 0.15) is 24.8 Å². The van der Waals surface area contributed by atoms with Crippen LogP contribution in [0.4, 0.5) is 0 Å². The first-order valence-electron chi connectivity index (χ1n) is 6.29. The van der Waals surface area contributed by atoms with Crippen LogP contribution in [0.25, 0.3) is 16.7 Å². The van der Waals surface area contributed by atoms with Crippen LogP contribution in [-0.4, -0.2) is 0 Å². The highest BCUT2D eigenvalue weighted by Crippen LogP contribution is 2.34. The van der Waals surface area contributed by atoms with Gasteiger partial charge in [-0.3, -0.25) is 0 Å². The van der Waals surface area contributed by atoms with Gasteiger partial charge in [-0.05, 0) is 41.5 Å². The van der Waals surface area contributed by atoms with Gasteiger partial charge < -0.3 is 0 Å². The lowest BCUT2D eigenvalue weighted by Gasteiger charge is -2.10. The molecular weight excluding hydrogens is 204 g/mol. The summed E-state index contributed by atoms with van der Waals surface area (Å²) in [6.45, 7) is 0. The van der Waals surface area contributed by atoms with Crippen molar-refractivity contribution in [3.05, 3.63) is 66.2 Å². The van der Waals surface area contributed by atoms with Crippen LogP contribution in [0, 0.1) is 0 Å². The van der Waals surface area contributed by atoms with Gasteiger partial charge in [0.05, 0.1) is 0 Å². The van der Waals surface area contributed by atoms with E-state index in [-0.39, 0.29) is 0 Å². The van der Waals surface area contributed by atoms with Gasteiger partial charge in [-0.1, -0.05) is 60.7 Å². The van der Waals surface area contributed by atoms with Gasteiger partial charge in [-0.25, -0.2) is 0 Å². The van der Waals surface area contributed by atoms with Gasteiger partial charge in [0.1, 0.15) is 0 Å². The minimum Gasteiger partial charge on any atom is -0.0807 e. The Balaban J connectivity index is 2.11. The van der Waals surface area contributed by atoms with E-state index in [1.165, 1.54) is 41.5 Å². The van der Waals surface area contributed by atoms with Gasteiger partial charge in [-0.2, -0.15) is 0 Å². The summed E-state index contributed by atoms with van der Waals surface area (Å²) in [5, 5.41) is 0. The number of benzene rings is 2. The molecule has 0 bridgehead atoms. The molecule has 17 heavy (non-hydrogen) atoms. The molecule has 0 nitrogen and oxygen atoms in total. The number of allylic oxidation sites excluding steroid dienone is 2. The Morgan fingerprint density at radius 2 is 1.41 bits per heavy atom. The van der Waals surface area contributed by atoms with E-state index in [0.717, 1.165) is 0 Å². The Labute approximate surface area is 103 Å². The molecule has 0 fully saturated rings. The van der Waals surface area contributed by atoms with E-state index in [4.69, 9.17) is 0 Å². The maximum Gasteiger partial charge on any atom is -0.0109 e. The molecule has 0 aromatic heterocycles. The zero-order valence-corrected chi connectivity index (χ0v) is 9.89. The summed E-state index contributed by atoms with van der Waals surface area (Å²) in [6, 6.07) is 19.4. The first kappa shape index (κ1) is 10.3. The van der Waals surface area contributed by atoms with Crippen molar-refractivity contribution in [3.63, 3.8) is 0 Å². The van der Waals surface area contributed by atoms with Gasteiger partial charge >= 0.3 is 0 Å². The fourth-order valence-electron chi connectivity index (χ4n) is 2.55. The van der Waals surface area contributed by atoms with Crippen LogP contribution in [0.15, 0.2) is 60.7 Å². The fourth-order valence-corrected chi connectivity index (χ4v) is 2.55. The minimum absolute atomic E-state index is 1.23. The standard InChI is InChI=1S/C17H16/c1-2-8-14(9-3-1)16-12-6-7-13-17(16)15-10-4-5-11-15/h1-3,6-10,12-13H,4-5,11H2. The largest absolute Gasteiger partial charge is 0.0807 e. The van der Waals surface area contributed by atoms with Crippen LogP contribution in [0.3, 0.4) is 0 Å². The molecule has 84 valence electrons. The fraction of sp³-hybridized carbons (Fsp3) is 0.176. The molecule has 3 rings (SSSR count). The summed E-state index contributed by atoms with van der Waals surface area (Å²) in [4.78, 5) is 0. The van der Waals surface area contributed by atoms with Crippen LogP contribution in [0.5, 0.6) is 0 Å². The first-order chi connectivity index (χ1) is 8.45. The van der Waals surface area contributed by atoms with Crippen molar-refractivity contribution in [3.8, 4) is 11.1 Å². The maximum absolute atomic E-state index is 2.39. The van der Waals surface area contributed by atoms with E-state index in [0.29, 0.717) is 0 Å². The molecule has 1 aliphatic carbocycles. The monoisotopic (exact) mass is 220 g/mol. The summed E-state index contributed by atoms with van der Waals surface area (Å²) in [5.74, 6) is 0. The zero-order chi connectivity index (χ0) is 11.5. The average Bonchev–Trinajstić information content (AvgIpc) is 2.94. The van der Waals surface area contributed by atoms with Crippen molar-refractivity contribution in [1.29, 1.82) is 0 Å². The van der Waals surface area contributed by atoms with E-state index in [9.17, 15) is 0 Å². The van der Waals surface area contributed by atoms with Crippen molar-refractivity contribution in [1.82, 2.24) is 0 Å². The van der Waals surface area contributed by atoms with E-state index in [1.54, 1.807) is 0 Å². The maximum atomic E-state index is 2.39. The predicted octanol–water partition coefficient (Wildman–Crippen LogP) is 4.92. The molecule has 0 saturated carbocycles. The third-order valence-corrected chi connectivity index (χ3v) is 3.40. The number of rotatable bonds is 2. The lowest BCUT2D eigenvalue weighted by molar-refractivity contribution is 0.935. The summed E-state index contributed by atoms with van der Waals surface area (Å²) < 4.78 is 0. The Kier molecular flexibility index (Phi) is 2.79. The molecule has 0 heteroatoms. The highest BCUT2D eigenvalue weighted by molar-refractivity contribution is 5.81. The third-order valence-electron chi connectivity index (χ3n) is 3.40. The molecule has 0 spiro atoms. The normalized spacial score (nSPS) is 14.7. The van der Waals surface area contributed by atoms with Crippen molar-refractivity contribution < 1.29 is 0 Å². The van der Waals surface area contributed by atoms with Gasteiger partial charge in [0.2, 0.25) is 0 Å². The third kappa shape index (κ3) is 2.03. The molecule has 1 aliphatic rings. The van der Waals surface area contributed by atoms with Crippen molar-refractivity contribution in [2.75, 3.05) is 0 Å². The molecule has 0 unspecified atom stereocenters. The summed E-state index contributed by atoms with van der Waals surface area (Å²) >= 11 is 0. The Morgan fingerprint density at radius 3 is 2.12 bits per heavy atom. The summed E-state index contributed by atoms with van der Waals surface area (Å²) in [5.41, 5.74) is 5.61. The molecule has 0 N–H and O–H groups in total. The van der Waals surface area contributed by atoms with E-state index >= 15 is 0 Å². The van der Waals surface area contributed by atoms with Crippen molar-refractivity contribution >= 4 is 5.57 Å². The minimum atomic E-state index is 1.23. The molecule has 0 saturated heterocycles. The molecular formula is C17H16. The highest BCUT2D eigenvalue weighted by atomic mass is 14.2. The summed E-state index contributed by atoms with van der Waals surface area (Å²) in [7, 11) is 0. The molecule has 0 heterocycles. The number of hydrogen-bond acceptors (Lipinski definition) is 0. The van der Waals surface area contributed by atoms with Crippen molar-refractivity contribution in [2.45, 2.75) is 19.3 Å². The van der Waals surface area contributed by atoms with Gasteiger partial charge in [0.15, 0.2) is 0 Å². The lowest BCUT2D eigenvalue weighted by atomic mass is 9.94. The van der Waals surface area contributed by atoms with Gasteiger partial charge in [0.25, 0.3) is 0 Å². The average molecular weight is 220 g/mol. The Hall–Kier alpha value is -1.82. The molecule has 0 amide bonds. The quantitative estimate of drug-likeness (QED) is 0.673. The van der Waals surface area contributed by atoms with Crippen LogP contribution < -0.4 is 0 Å². The van der Waals surface area contributed by atoms with E-state index in [2.05, 4.69) is 60.7 Å². The van der Waals surface area contributed by atoms with Crippen LogP contribution >= 0.6 is 0 Å². The van der Waals surface area contributed by atoms with E-state index < -0.39 is 0 Å². The summed E-state index contributed by atoms with van der Waals surface area (Å²) in [6.07, 6.45) is 6.16. The molecule has 2 aromatic rings. The number of hydrogen-bond donors (Lipinski definition) is 0. The Bertz CT molecular complexity index is 535. The van der Waals surface area contributed by atoms with E-state index in [1.807, 2.05) is 0 Å². The predicted molar refractivity (Wildman–Crippen MR) is 73.7 cm³/mol. The smallest absolute Gasteiger partial charge is 0.0109 e. The second kappa shape index (κ2) is 4.58. The van der Waals surface area contributed by atoms with Crippen molar-refractivity contribution in [2.24, 2.45) is 0 Å². The van der Waals surface area contributed by atoms with Crippen LogP contribution in [-0.2, 0) is 0 Å². The van der Waals surface area contributed by atoms with Crippen LogP contribution in [0.2, 0.25) is 0 Å². The van der Waals surface area contributed by atoms with Gasteiger partial charge in [-0.15, -0.1) is 0 Å². The SMILES string of the molecule is C1=C(c2ccccc2-c2ccccc2)CCC1. The molecule has 0 atom stereocenters. The second-order valence-corrected chi connectivity index (χ2v) is 4.53. The molecule has 0 radical (unpaired) electrons. The second-order valence-electron chi connectivity index (χ2n) is 4.53. The molecule has 2 aromatic carbocycles. The zero-order valence-electron chi connectivity index (χ0n) is 9.89. The van der Waals surface area contributed by atoms with Gasteiger partial charge in [0, 0.05) is 0 Å². The lowest BCUT2D eigenvalue weighted by Crippen LogP contribution is -1.87. The Morgan fingerprint density at radius 1 is 0.706 bits per heavy atom. The molecule has 0 aliphatic heterocycles. The topological polar surface area (TPSA) is 0 Å².